The highest BCUT2D eigenvalue weighted by Crippen LogP contribution is 2.39. The molecule has 0 saturated carbocycles. The van der Waals surface area contributed by atoms with E-state index in [-0.39, 0.29) is 53.8 Å². The second-order valence-corrected chi connectivity index (χ2v) is 32.0. The second kappa shape index (κ2) is 28.8. The average Bonchev–Trinajstić information content (AvgIpc) is 2.01. The fourth-order valence-corrected chi connectivity index (χ4v) is 11.6. The Labute approximate surface area is 524 Å². The van der Waals surface area contributed by atoms with Crippen molar-refractivity contribution in [3.8, 4) is 0 Å². The van der Waals surface area contributed by atoms with E-state index in [1.807, 2.05) is 80.6 Å². The minimum atomic E-state index is -2.27. The fraction of sp³-hybridized carbons (Fsp3) is 0.576. The highest BCUT2D eigenvalue weighted by atomic mass is 28.4. The Bertz CT molecular complexity index is 3310. The van der Waals surface area contributed by atoms with Gasteiger partial charge in [-0.15, -0.1) is 0 Å². The Morgan fingerprint density at radius 1 is 0.640 bits per heavy atom. The summed E-state index contributed by atoms with van der Waals surface area (Å²) in [5.41, 5.74) is 8.18. The molecule has 0 spiro atoms. The van der Waals surface area contributed by atoms with Crippen LogP contribution in [0.2, 0.25) is 18.1 Å². The molecule has 484 valence electrons. The summed E-state index contributed by atoms with van der Waals surface area (Å²) in [7, 11) is -2.27. The first-order valence-electron chi connectivity index (χ1n) is 31.3. The van der Waals surface area contributed by atoms with Crippen molar-refractivity contribution in [1.82, 2.24) is 52.1 Å². The third-order valence-corrected chi connectivity index (χ3v) is 22.2. The Morgan fingerprint density at radius 2 is 1.09 bits per heavy atom. The van der Waals surface area contributed by atoms with Crippen molar-refractivity contribution >= 4 is 83.6 Å². The number of hydrazine groups is 2. The molecule has 89 heavy (non-hydrogen) atoms. The van der Waals surface area contributed by atoms with Crippen molar-refractivity contribution in [1.29, 1.82) is 0 Å². The maximum atomic E-state index is 14.1. The lowest BCUT2D eigenvalue weighted by atomic mass is 9.84. The van der Waals surface area contributed by atoms with Crippen molar-refractivity contribution in [3.05, 3.63) is 89.3 Å². The molecule has 4 aliphatic heterocycles. The summed E-state index contributed by atoms with van der Waals surface area (Å²) < 4.78 is 18.2. The molecule has 10 bridgehead atoms. The summed E-state index contributed by atoms with van der Waals surface area (Å²) in [6, 6.07) is 15.5. The number of hydrogen-bond acceptors (Lipinski definition) is 16. The number of hydrogen-bond donors (Lipinski definition) is 7. The highest BCUT2D eigenvalue weighted by Gasteiger charge is 2.44. The van der Waals surface area contributed by atoms with Crippen LogP contribution in [-0.4, -0.2) is 143 Å². The molecule has 4 aromatic rings. The van der Waals surface area contributed by atoms with Crippen LogP contribution < -0.4 is 32.1 Å². The van der Waals surface area contributed by atoms with E-state index in [0.29, 0.717) is 56.6 Å². The Kier molecular flexibility index (Phi) is 22.4. The third kappa shape index (κ3) is 17.0. The maximum absolute atomic E-state index is 14.1. The van der Waals surface area contributed by atoms with Gasteiger partial charge in [-0.2, -0.15) is 0 Å². The lowest BCUT2D eigenvalue weighted by molar-refractivity contribution is -0.170. The molecule has 22 nitrogen and oxygen atoms in total. The molecular formula is C66H94N10O12Si. The van der Waals surface area contributed by atoms with Crippen LogP contribution in [0.4, 0.5) is 0 Å². The molecular weight excluding hydrogens is 1150 g/mol. The van der Waals surface area contributed by atoms with Gasteiger partial charge in [-0.05, 0) is 145 Å². The lowest BCUT2D eigenvalue weighted by Crippen LogP contribution is -2.61. The Hall–Kier alpha value is -7.18. The first-order chi connectivity index (χ1) is 41.7. The van der Waals surface area contributed by atoms with Crippen LogP contribution in [0, 0.1) is 22.7 Å². The van der Waals surface area contributed by atoms with E-state index in [9.17, 15) is 43.5 Å². The second-order valence-electron chi connectivity index (χ2n) is 27.2. The Balaban J connectivity index is 0.000000257. The van der Waals surface area contributed by atoms with E-state index in [1.165, 1.54) is 10.0 Å². The number of benzene rings is 2. The molecule has 2 fully saturated rings. The largest absolute Gasteiger partial charge is 0.451 e. The number of aryl methyl sites for hydroxylation is 1. The van der Waals surface area contributed by atoms with Crippen LogP contribution in [0.1, 0.15) is 157 Å². The summed E-state index contributed by atoms with van der Waals surface area (Å²) in [6.07, 6.45) is 4.38. The van der Waals surface area contributed by atoms with Gasteiger partial charge in [-0.1, -0.05) is 97.0 Å². The summed E-state index contributed by atoms with van der Waals surface area (Å²) in [6.45, 7) is 28.3. The van der Waals surface area contributed by atoms with Crippen molar-refractivity contribution in [3.63, 3.8) is 0 Å². The average molecular weight is 1250 g/mol. The molecule has 8 rings (SSSR count). The number of pyridine rings is 2. The van der Waals surface area contributed by atoms with Gasteiger partial charge in [0.1, 0.15) is 29.6 Å². The number of cyclic esters (lactones) is 2. The third-order valence-electron chi connectivity index (χ3n) is 17.8. The number of rotatable bonds is 6. The zero-order valence-corrected chi connectivity index (χ0v) is 55.5. The number of aliphatic hydroxyl groups is 1. The smallest absolute Gasteiger partial charge is 0.318 e. The maximum Gasteiger partial charge on any atom is 0.318 e. The summed E-state index contributed by atoms with van der Waals surface area (Å²) in [5, 5.41) is 26.2. The predicted octanol–water partition coefficient (Wildman–Crippen LogP) is 6.96. The molecule has 0 radical (unpaired) electrons. The van der Waals surface area contributed by atoms with Gasteiger partial charge >= 0.3 is 11.9 Å². The zero-order chi connectivity index (χ0) is 65.5. The van der Waals surface area contributed by atoms with Gasteiger partial charge in [0.25, 0.3) is 23.6 Å². The molecule has 0 unspecified atom stereocenters. The summed E-state index contributed by atoms with van der Waals surface area (Å²) >= 11 is 0. The van der Waals surface area contributed by atoms with E-state index < -0.39 is 97.7 Å². The first-order valence-corrected chi connectivity index (χ1v) is 34.2. The standard InChI is InChI=1S/C36H53N5O6Si.C30H41N5O6/c1-22(2)30-32(43)38-24(4)33(44)41-19-11-12-28(40-41)31(42)37-23(3)27-16-15-26-14-13-25(20-29(26)39-27)17-18-36(8,34(45)47-30)21-46-48(9,10)35(5,6)7;1-17(2)25-27(38)32-19(4)28(39)35-14-6-7-23(34-35)26(37)31-18(3)22-11-10-21-9-8-20(15-24(21)33-22)12-13-30(5,16-36)29(40)41-25/h13-18,20,22-24,28,30,40H,11-12,19,21H2,1-10H3,(H,37,42)(H,38,43);8-11,15,17-19,23,25,34,36H,6-7,12-14,16H2,1-5H3,(H,31,37)(H,32,38)/b18-17+;/t23-,24+,28+,30+,36-;18-,19+,23+,25+,30-/m11/s1. The molecule has 4 aliphatic rings. The topological polar surface area (TPSA) is 289 Å². The quantitative estimate of drug-likeness (QED) is 0.0758. The molecule has 10 atom stereocenters. The molecule has 6 heterocycles. The van der Waals surface area contributed by atoms with E-state index >= 15 is 0 Å². The van der Waals surface area contributed by atoms with Crippen LogP contribution in [0.3, 0.4) is 0 Å². The van der Waals surface area contributed by atoms with Crippen molar-refractivity contribution in [2.75, 3.05) is 26.3 Å². The van der Waals surface area contributed by atoms with Gasteiger partial charge in [-0.25, -0.2) is 10.9 Å². The van der Waals surface area contributed by atoms with Gasteiger partial charge in [-0.3, -0.25) is 58.3 Å². The number of amides is 6. The first kappa shape index (κ1) is 69.3. The van der Waals surface area contributed by atoms with Crippen LogP contribution in [0.15, 0.2) is 66.7 Å². The molecule has 2 aromatic heterocycles. The van der Waals surface area contributed by atoms with E-state index in [1.54, 1.807) is 61.5 Å². The normalized spacial score (nSPS) is 28.1. The van der Waals surface area contributed by atoms with Crippen LogP contribution in [0.5, 0.6) is 0 Å². The van der Waals surface area contributed by atoms with Crippen LogP contribution >= 0.6 is 0 Å². The lowest BCUT2D eigenvalue weighted by Gasteiger charge is -2.39. The number of carbonyl (C=O) groups excluding carboxylic acids is 8. The molecule has 2 aromatic carbocycles. The molecule has 23 heteroatoms. The molecule has 7 N–H and O–H groups in total. The highest BCUT2D eigenvalue weighted by molar-refractivity contribution is 6.74. The van der Waals surface area contributed by atoms with E-state index in [4.69, 9.17) is 23.9 Å². The van der Waals surface area contributed by atoms with E-state index in [0.717, 1.165) is 32.9 Å². The van der Waals surface area contributed by atoms with Gasteiger partial charge in [0.05, 0.1) is 53.1 Å². The minimum Gasteiger partial charge on any atom is -0.451 e. The molecule has 0 aliphatic carbocycles. The van der Waals surface area contributed by atoms with Gasteiger partial charge in [0, 0.05) is 23.9 Å². The van der Waals surface area contributed by atoms with Gasteiger partial charge in [0.15, 0.2) is 20.5 Å². The fourth-order valence-electron chi connectivity index (χ4n) is 10.5. The van der Waals surface area contributed by atoms with Crippen molar-refractivity contribution < 1.29 is 57.4 Å². The number of carbonyl (C=O) groups is 8. The SMILES string of the molecule is CC(C)[C@@H]1OC(=O)[C@@](C)(CO)CCc2ccc3ccc(nc3c2)[C@@H](C)NC(=O)[C@@H]2CCCN(N2)C(=O)[C@H](C)NC1=O.CC(C)[C@@H]1OC(=O)[C@@](C)(CO[Si](C)(C)C(C)(C)C)/C=C/c2ccc3ccc(nc3c2)[C@@H](C)NC(=O)[C@@H]2CCCN(N2)C(=O)[C@H](C)NC1=O. The predicted molar refractivity (Wildman–Crippen MR) is 341 cm³/mol. The monoisotopic (exact) mass is 1250 g/mol. The number of aliphatic hydroxyl groups excluding tert-OH is 1. The number of fused-ring (bicyclic) bond motifs is 8. The number of ether oxygens (including phenoxy) is 2. The van der Waals surface area contributed by atoms with Gasteiger partial charge < -0.3 is 40.3 Å². The number of nitrogens with one attached hydrogen (secondary N) is 6. The summed E-state index contributed by atoms with van der Waals surface area (Å²) in [4.78, 5) is 117. The van der Waals surface area contributed by atoms with Crippen LogP contribution in [-0.2, 0) is 58.7 Å². The number of aromatic nitrogens is 2. The van der Waals surface area contributed by atoms with E-state index in [2.05, 4.69) is 66.0 Å². The van der Waals surface area contributed by atoms with Crippen molar-refractivity contribution in [2.45, 2.75) is 195 Å². The van der Waals surface area contributed by atoms with Crippen molar-refractivity contribution in [2.24, 2.45) is 22.7 Å². The van der Waals surface area contributed by atoms with Crippen LogP contribution in [0.25, 0.3) is 27.9 Å². The molecule has 6 amide bonds. The number of nitrogens with zero attached hydrogens (tertiary/aromatic N) is 4. The zero-order valence-electron chi connectivity index (χ0n) is 54.5. The van der Waals surface area contributed by atoms with Gasteiger partial charge in [0.2, 0.25) is 11.8 Å². The number of esters is 2. The summed E-state index contributed by atoms with van der Waals surface area (Å²) in [5.74, 6) is -4.50. The Morgan fingerprint density at radius 3 is 1.56 bits per heavy atom. The molecule has 2 saturated heterocycles. The minimum absolute atomic E-state index is 0.0646.